The van der Waals surface area contributed by atoms with Crippen LogP contribution in [0.15, 0.2) is 43.0 Å². The molecule has 3 aliphatic rings. The molecule has 3 aromatic rings. The van der Waals surface area contributed by atoms with E-state index in [1.807, 2.05) is 0 Å². The van der Waals surface area contributed by atoms with Gasteiger partial charge in [0.2, 0.25) is 5.91 Å². The summed E-state index contributed by atoms with van der Waals surface area (Å²) in [7, 11) is 0. The first-order valence-corrected chi connectivity index (χ1v) is 12.7. The van der Waals surface area contributed by atoms with E-state index in [1.165, 1.54) is 0 Å². The van der Waals surface area contributed by atoms with Crippen molar-refractivity contribution in [2.24, 2.45) is 0 Å². The molecular formula is C27H28F3N5O2. The fourth-order valence-electron chi connectivity index (χ4n) is 6.15. The first-order chi connectivity index (χ1) is 17.8. The van der Waals surface area contributed by atoms with Crippen molar-refractivity contribution in [1.29, 1.82) is 0 Å². The Kier molecular flexibility index (Phi) is 5.94. The molecule has 3 fully saturated rings. The third-order valence-electron chi connectivity index (χ3n) is 8.27. The second-order valence-electron chi connectivity index (χ2n) is 10.5. The van der Waals surface area contributed by atoms with Crippen LogP contribution >= 0.6 is 0 Å². The number of rotatable bonds is 5. The van der Waals surface area contributed by atoms with Crippen LogP contribution < -0.4 is 5.32 Å². The number of hydrogen-bond donors (Lipinski definition) is 1. The summed E-state index contributed by atoms with van der Waals surface area (Å²) in [6.07, 6.45) is 9.76. The first-order valence-electron chi connectivity index (χ1n) is 12.7. The lowest BCUT2D eigenvalue weighted by atomic mass is 9.84. The lowest BCUT2D eigenvalue weighted by molar-refractivity contribution is -0.123. The van der Waals surface area contributed by atoms with Crippen LogP contribution in [0.4, 0.5) is 13.2 Å². The first kappa shape index (κ1) is 24.0. The van der Waals surface area contributed by atoms with Crippen molar-refractivity contribution < 1.29 is 22.8 Å². The minimum atomic E-state index is -1.52. The van der Waals surface area contributed by atoms with Crippen molar-refractivity contribution in [3.8, 4) is 0 Å². The maximum Gasteiger partial charge on any atom is 0.256 e. The van der Waals surface area contributed by atoms with Gasteiger partial charge in [-0.25, -0.2) is 18.2 Å². The van der Waals surface area contributed by atoms with E-state index in [1.54, 1.807) is 40.2 Å². The number of halogens is 3. The largest absolute Gasteiger partial charge is 0.350 e. The standard InChI is InChI=1S/C27H28F3N5O2/c28-20-11-17(12-21(29)25(20)30)18-4-10-33(26(37)19-3-1-8-34-16-31-13-23(19)34)14-22(18)32-24(36)15-35-9-2-5-27(35)6-7-27/h1,3,8,11-13,16,18,22H,2,4-7,9-10,14-15H2,(H,32,36)/t18-,22+/m0/s1. The van der Waals surface area contributed by atoms with Gasteiger partial charge in [0.25, 0.3) is 5.91 Å². The number of hydrogen-bond acceptors (Lipinski definition) is 4. The average Bonchev–Trinajstić information content (AvgIpc) is 3.32. The number of amides is 2. The molecular weight excluding hydrogens is 483 g/mol. The van der Waals surface area contributed by atoms with Gasteiger partial charge in [0, 0.05) is 30.7 Å². The van der Waals surface area contributed by atoms with Crippen molar-refractivity contribution in [2.75, 3.05) is 26.2 Å². The molecule has 1 saturated carbocycles. The summed E-state index contributed by atoms with van der Waals surface area (Å²) in [6, 6.07) is 4.89. The van der Waals surface area contributed by atoms with Gasteiger partial charge in [-0.3, -0.25) is 14.5 Å². The summed E-state index contributed by atoms with van der Waals surface area (Å²) in [5.74, 6) is -4.92. The molecule has 2 amide bonds. The molecule has 37 heavy (non-hydrogen) atoms. The minimum absolute atomic E-state index is 0.151. The molecule has 1 aromatic carbocycles. The Morgan fingerprint density at radius 3 is 2.65 bits per heavy atom. The predicted molar refractivity (Wildman–Crippen MR) is 129 cm³/mol. The topological polar surface area (TPSA) is 70.0 Å². The summed E-state index contributed by atoms with van der Waals surface area (Å²) in [4.78, 5) is 34.7. The van der Waals surface area contributed by atoms with Crippen LogP contribution in [0.5, 0.6) is 0 Å². The van der Waals surface area contributed by atoms with E-state index in [0.717, 1.165) is 44.4 Å². The predicted octanol–water partition coefficient (Wildman–Crippen LogP) is 3.49. The van der Waals surface area contributed by atoms with Crippen LogP contribution in [-0.2, 0) is 4.79 Å². The number of carbonyl (C=O) groups excluding carboxylic acids is 2. The number of pyridine rings is 1. The Morgan fingerprint density at radius 2 is 1.89 bits per heavy atom. The van der Waals surface area contributed by atoms with Crippen LogP contribution in [0.3, 0.4) is 0 Å². The van der Waals surface area contributed by atoms with Crippen molar-refractivity contribution in [2.45, 2.75) is 49.6 Å². The number of aromatic nitrogens is 2. The van der Waals surface area contributed by atoms with Crippen molar-refractivity contribution in [3.05, 3.63) is 71.6 Å². The summed E-state index contributed by atoms with van der Waals surface area (Å²) in [5, 5.41) is 3.05. The Bertz CT molecular complexity index is 1350. The van der Waals surface area contributed by atoms with Gasteiger partial charge < -0.3 is 14.6 Å². The summed E-state index contributed by atoms with van der Waals surface area (Å²) in [5.41, 5.74) is 1.57. The molecule has 0 radical (unpaired) electrons. The minimum Gasteiger partial charge on any atom is -0.350 e. The molecule has 2 saturated heterocycles. The Balaban J connectivity index is 1.25. The van der Waals surface area contributed by atoms with Crippen LogP contribution in [0.25, 0.3) is 5.52 Å². The highest BCUT2D eigenvalue weighted by Crippen LogP contribution is 2.49. The Morgan fingerprint density at radius 1 is 1.11 bits per heavy atom. The van der Waals surface area contributed by atoms with Crippen LogP contribution in [0, 0.1) is 17.5 Å². The van der Waals surface area contributed by atoms with E-state index in [-0.39, 0.29) is 36.0 Å². The fraction of sp³-hybridized carbons (Fsp3) is 0.444. The van der Waals surface area contributed by atoms with E-state index in [2.05, 4.69) is 15.2 Å². The molecule has 2 aromatic heterocycles. The monoisotopic (exact) mass is 511 g/mol. The third kappa shape index (κ3) is 4.37. The zero-order valence-electron chi connectivity index (χ0n) is 20.3. The number of carbonyl (C=O) groups is 2. The second kappa shape index (κ2) is 9.16. The van der Waals surface area contributed by atoms with E-state index in [0.29, 0.717) is 24.0 Å². The normalized spacial score (nSPS) is 23.1. The van der Waals surface area contributed by atoms with E-state index in [9.17, 15) is 22.8 Å². The highest BCUT2D eigenvalue weighted by Gasteiger charge is 2.51. The lowest BCUT2D eigenvalue weighted by Gasteiger charge is -2.39. The molecule has 4 heterocycles. The molecule has 1 spiro atoms. The van der Waals surface area contributed by atoms with Crippen molar-refractivity contribution in [3.63, 3.8) is 0 Å². The van der Waals surface area contributed by atoms with Gasteiger partial charge in [0.05, 0.1) is 36.2 Å². The molecule has 6 rings (SSSR count). The smallest absolute Gasteiger partial charge is 0.256 e. The Labute approximate surface area is 212 Å². The van der Waals surface area contributed by atoms with Crippen molar-refractivity contribution >= 4 is 17.3 Å². The second-order valence-corrected chi connectivity index (χ2v) is 10.5. The summed E-state index contributed by atoms with van der Waals surface area (Å²) in [6.45, 7) is 1.60. The molecule has 0 unspecified atom stereocenters. The van der Waals surface area contributed by atoms with Gasteiger partial charge in [-0.05, 0) is 68.5 Å². The maximum atomic E-state index is 14.1. The number of likely N-dealkylation sites (tertiary alicyclic amines) is 2. The average molecular weight is 512 g/mol. The highest BCUT2D eigenvalue weighted by molar-refractivity contribution is 6.00. The molecule has 2 aliphatic heterocycles. The maximum absolute atomic E-state index is 14.1. The van der Waals surface area contributed by atoms with Gasteiger partial charge in [-0.2, -0.15) is 0 Å². The molecule has 1 N–H and O–H groups in total. The Hall–Kier alpha value is -3.40. The van der Waals surface area contributed by atoms with Crippen LogP contribution in [0.1, 0.15) is 53.9 Å². The number of nitrogens with one attached hydrogen (secondary N) is 1. The number of fused-ring (bicyclic) bond motifs is 1. The molecule has 194 valence electrons. The fourth-order valence-corrected chi connectivity index (χ4v) is 6.15. The van der Waals surface area contributed by atoms with Crippen LogP contribution in [0.2, 0.25) is 0 Å². The van der Waals surface area contributed by atoms with E-state index >= 15 is 0 Å². The third-order valence-corrected chi connectivity index (χ3v) is 8.27. The lowest BCUT2D eigenvalue weighted by Crippen LogP contribution is -2.55. The SMILES string of the molecule is O=C(CN1CCCC12CC2)N[C@@H]1CN(C(=O)c2cccn3cncc23)CC[C@H]1c1cc(F)c(F)c(F)c1. The number of piperidine rings is 1. The zero-order valence-corrected chi connectivity index (χ0v) is 20.3. The van der Waals surface area contributed by atoms with Crippen LogP contribution in [-0.4, -0.2) is 68.8 Å². The van der Waals surface area contributed by atoms with Gasteiger partial charge in [0.15, 0.2) is 17.5 Å². The van der Waals surface area contributed by atoms with Crippen molar-refractivity contribution in [1.82, 2.24) is 24.5 Å². The van der Waals surface area contributed by atoms with E-state index < -0.39 is 29.4 Å². The quantitative estimate of drug-likeness (QED) is 0.533. The molecule has 1 aliphatic carbocycles. The van der Waals surface area contributed by atoms with Gasteiger partial charge >= 0.3 is 0 Å². The molecule has 7 nitrogen and oxygen atoms in total. The number of benzene rings is 1. The van der Waals surface area contributed by atoms with E-state index in [4.69, 9.17) is 0 Å². The molecule has 0 bridgehead atoms. The summed E-state index contributed by atoms with van der Waals surface area (Å²) < 4.78 is 43.6. The van der Waals surface area contributed by atoms with Gasteiger partial charge in [0.1, 0.15) is 0 Å². The van der Waals surface area contributed by atoms with Gasteiger partial charge in [-0.1, -0.05) is 0 Å². The summed E-state index contributed by atoms with van der Waals surface area (Å²) >= 11 is 0. The van der Waals surface area contributed by atoms with Gasteiger partial charge in [-0.15, -0.1) is 0 Å². The zero-order chi connectivity index (χ0) is 25.7. The molecule has 2 atom stereocenters. The number of nitrogens with zero attached hydrogens (tertiary/aromatic N) is 4. The highest BCUT2D eigenvalue weighted by atomic mass is 19.2. The molecule has 10 heteroatoms. The number of imidazole rings is 1.